The van der Waals surface area contributed by atoms with Gasteiger partial charge in [0.1, 0.15) is 32.2 Å². The first-order chi connectivity index (χ1) is 16.1. The van der Waals surface area contributed by atoms with Crippen molar-refractivity contribution in [1.82, 2.24) is 0 Å². The monoisotopic (exact) mass is 441 g/mol. The Kier molecular flexibility index (Phi) is 6.07. The lowest BCUT2D eigenvalue weighted by Gasteiger charge is -2.36. The maximum atomic E-state index is 13.3. The molecular formula is C28H31N3O2+2. The van der Waals surface area contributed by atoms with Crippen LogP contribution in [0.4, 0.5) is 5.69 Å². The standard InChI is InChI=1S/C28H29N3O2/c1-21-9-8-14-24(19-21)31-26(32)20-25(28(31)33)29-15-17-30(18-16-29)27(22-10-4-2-5-11-22)23-12-6-3-7-13-23/h2-14,19,25,27H,15-18,20H2,1H3/p+2/t25-/m0/s1. The maximum Gasteiger partial charge on any atom is 0.292 e. The van der Waals surface area contributed by atoms with Crippen molar-refractivity contribution in [1.29, 1.82) is 0 Å². The molecule has 2 aliphatic rings. The van der Waals surface area contributed by atoms with E-state index in [2.05, 4.69) is 60.7 Å². The Balaban J connectivity index is 1.31. The second-order valence-corrected chi connectivity index (χ2v) is 9.23. The highest BCUT2D eigenvalue weighted by Crippen LogP contribution is 2.23. The van der Waals surface area contributed by atoms with Gasteiger partial charge in [-0.15, -0.1) is 0 Å². The predicted molar refractivity (Wildman–Crippen MR) is 128 cm³/mol. The van der Waals surface area contributed by atoms with Crippen molar-refractivity contribution in [3.05, 3.63) is 102 Å². The molecule has 2 saturated heterocycles. The number of imide groups is 1. The summed E-state index contributed by atoms with van der Waals surface area (Å²) in [5.74, 6) is -0.129. The van der Waals surface area contributed by atoms with Gasteiger partial charge >= 0.3 is 0 Å². The fourth-order valence-corrected chi connectivity index (χ4v) is 5.47. The van der Waals surface area contributed by atoms with Gasteiger partial charge in [-0.05, 0) is 24.6 Å². The molecule has 2 N–H and O–H groups in total. The lowest BCUT2D eigenvalue weighted by atomic mass is 9.96. The van der Waals surface area contributed by atoms with Crippen molar-refractivity contribution >= 4 is 17.5 Å². The number of aryl methyl sites for hydroxylation is 1. The summed E-state index contributed by atoms with van der Waals surface area (Å²) in [5, 5.41) is 0. The van der Waals surface area contributed by atoms with Crippen LogP contribution in [0.1, 0.15) is 29.2 Å². The number of nitrogens with zero attached hydrogens (tertiary/aromatic N) is 1. The first kappa shape index (κ1) is 21.6. The Morgan fingerprint density at radius 2 is 1.39 bits per heavy atom. The number of carbonyl (C=O) groups excluding carboxylic acids is 2. The molecule has 0 spiro atoms. The van der Waals surface area contributed by atoms with E-state index in [0.29, 0.717) is 12.1 Å². The molecule has 2 aliphatic heterocycles. The van der Waals surface area contributed by atoms with Crippen LogP contribution >= 0.6 is 0 Å². The smallest absolute Gasteiger partial charge is 0.292 e. The number of hydrogen-bond acceptors (Lipinski definition) is 2. The number of carbonyl (C=O) groups is 2. The van der Waals surface area contributed by atoms with Gasteiger partial charge in [-0.25, -0.2) is 4.90 Å². The summed E-state index contributed by atoms with van der Waals surface area (Å²) in [4.78, 5) is 30.2. The van der Waals surface area contributed by atoms with Crippen LogP contribution in [0, 0.1) is 6.92 Å². The minimum atomic E-state index is -0.272. The Labute approximate surface area is 195 Å². The number of amides is 2. The van der Waals surface area contributed by atoms with Crippen LogP contribution in [0.3, 0.4) is 0 Å². The summed E-state index contributed by atoms with van der Waals surface area (Å²) in [6.45, 7) is 5.68. The Hall–Kier alpha value is -3.28. The molecule has 3 aromatic carbocycles. The van der Waals surface area contributed by atoms with Gasteiger partial charge in [0.15, 0.2) is 6.04 Å². The van der Waals surface area contributed by atoms with Gasteiger partial charge in [-0.3, -0.25) is 9.59 Å². The number of anilines is 1. The molecule has 0 aliphatic carbocycles. The lowest BCUT2D eigenvalue weighted by Crippen LogP contribution is -3.30. The van der Waals surface area contributed by atoms with Crippen molar-refractivity contribution in [3.63, 3.8) is 0 Å². The number of piperazine rings is 1. The Bertz CT molecular complexity index is 1080. The zero-order valence-corrected chi connectivity index (χ0v) is 19.0. The van der Waals surface area contributed by atoms with Crippen molar-refractivity contribution in [2.45, 2.75) is 25.4 Å². The van der Waals surface area contributed by atoms with Crippen LogP contribution in [0.5, 0.6) is 0 Å². The average molecular weight is 442 g/mol. The number of quaternary nitrogens is 2. The topological polar surface area (TPSA) is 46.3 Å². The quantitative estimate of drug-likeness (QED) is 0.585. The molecule has 33 heavy (non-hydrogen) atoms. The second kappa shape index (κ2) is 9.30. The summed E-state index contributed by atoms with van der Waals surface area (Å²) < 4.78 is 0. The fourth-order valence-electron chi connectivity index (χ4n) is 5.47. The van der Waals surface area contributed by atoms with E-state index < -0.39 is 0 Å². The highest BCUT2D eigenvalue weighted by molar-refractivity contribution is 6.21. The maximum absolute atomic E-state index is 13.3. The third-order valence-electron chi connectivity index (χ3n) is 7.11. The lowest BCUT2D eigenvalue weighted by molar-refractivity contribution is -1.03. The molecular weight excluding hydrogens is 410 g/mol. The van der Waals surface area contributed by atoms with Crippen molar-refractivity contribution in [2.75, 3.05) is 31.1 Å². The molecule has 2 fully saturated rings. The minimum Gasteiger partial charge on any atom is -0.316 e. The molecule has 0 saturated carbocycles. The minimum absolute atomic E-state index is 0.0493. The fraction of sp³-hybridized carbons (Fsp3) is 0.286. The first-order valence-electron chi connectivity index (χ1n) is 11.8. The molecule has 5 nitrogen and oxygen atoms in total. The predicted octanol–water partition coefficient (Wildman–Crippen LogP) is 1.20. The van der Waals surface area contributed by atoms with E-state index in [1.165, 1.54) is 25.8 Å². The van der Waals surface area contributed by atoms with Crippen LogP contribution in [-0.2, 0) is 9.59 Å². The number of rotatable bonds is 5. The number of hydrogen-bond donors (Lipinski definition) is 2. The highest BCUT2D eigenvalue weighted by atomic mass is 16.2. The molecule has 1 atom stereocenters. The Morgan fingerprint density at radius 1 is 0.788 bits per heavy atom. The van der Waals surface area contributed by atoms with Crippen molar-refractivity contribution in [2.24, 2.45) is 0 Å². The summed E-state index contributed by atoms with van der Waals surface area (Å²) >= 11 is 0. The van der Waals surface area contributed by atoms with Gasteiger partial charge in [0.2, 0.25) is 5.91 Å². The van der Waals surface area contributed by atoms with Crippen molar-refractivity contribution < 1.29 is 19.4 Å². The van der Waals surface area contributed by atoms with Crippen LogP contribution in [-0.4, -0.2) is 44.0 Å². The van der Waals surface area contributed by atoms with Crippen LogP contribution < -0.4 is 14.7 Å². The summed E-state index contributed by atoms with van der Waals surface area (Å²) in [7, 11) is 0. The van der Waals surface area contributed by atoms with E-state index in [0.717, 1.165) is 31.7 Å². The molecule has 0 unspecified atom stereocenters. The molecule has 0 radical (unpaired) electrons. The number of nitrogens with one attached hydrogen (secondary N) is 2. The van der Waals surface area contributed by atoms with E-state index in [1.54, 1.807) is 0 Å². The SMILES string of the molecule is Cc1cccc(N2C(=O)C[C@H]([NH+]3CC[NH+](C(c4ccccc4)c4ccccc4)CC3)C2=O)c1. The first-order valence-corrected chi connectivity index (χ1v) is 11.8. The molecule has 2 heterocycles. The summed E-state index contributed by atoms with van der Waals surface area (Å²) in [6, 6.07) is 29.1. The van der Waals surface area contributed by atoms with E-state index >= 15 is 0 Å². The van der Waals surface area contributed by atoms with Crippen LogP contribution in [0.25, 0.3) is 0 Å². The van der Waals surface area contributed by atoms with Crippen molar-refractivity contribution in [3.8, 4) is 0 Å². The molecule has 168 valence electrons. The van der Waals surface area contributed by atoms with Crippen LogP contribution in [0.2, 0.25) is 0 Å². The summed E-state index contributed by atoms with van der Waals surface area (Å²) in [5.41, 5.74) is 4.39. The Morgan fingerprint density at radius 3 is 1.97 bits per heavy atom. The summed E-state index contributed by atoms with van der Waals surface area (Å²) in [6.07, 6.45) is 0.304. The van der Waals surface area contributed by atoms with E-state index in [4.69, 9.17) is 0 Å². The molecule has 2 amide bonds. The zero-order valence-electron chi connectivity index (χ0n) is 19.0. The third kappa shape index (κ3) is 4.34. The van der Waals surface area contributed by atoms with Crippen LogP contribution in [0.15, 0.2) is 84.9 Å². The second-order valence-electron chi connectivity index (χ2n) is 9.23. The van der Waals surface area contributed by atoms with Gasteiger partial charge < -0.3 is 9.80 Å². The van der Waals surface area contributed by atoms with Gasteiger partial charge in [-0.2, -0.15) is 0 Å². The van der Waals surface area contributed by atoms with Gasteiger partial charge in [0, 0.05) is 11.1 Å². The van der Waals surface area contributed by atoms with E-state index in [-0.39, 0.29) is 23.9 Å². The number of benzene rings is 3. The third-order valence-corrected chi connectivity index (χ3v) is 7.11. The highest BCUT2D eigenvalue weighted by Gasteiger charge is 2.47. The van der Waals surface area contributed by atoms with Gasteiger partial charge in [-0.1, -0.05) is 72.8 Å². The molecule has 0 aromatic heterocycles. The van der Waals surface area contributed by atoms with Gasteiger partial charge in [0.25, 0.3) is 5.91 Å². The molecule has 3 aromatic rings. The van der Waals surface area contributed by atoms with E-state index in [9.17, 15) is 9.59 Å². The normalized spacial score (nSPS) is 23.3. The van der Waals surface area contributed by atoms with Gasteiger partial charge in [0.05, 0.1) is 12.1 Å². The largest absolute Gasteiger partial charge is 0.316 e. The van der Waals surface area contributed by atoms with E-state index in [1.807, 2.05) is 31.2 Å². The average Bonchev–Trinajstić information content (AvgIpc) is 3.15. The molecule has 0 bridgehead atoms. The zero-order chi connectivity index (χ0) is 22.8. The molecule has 5 rings (SSSR count). The molecule has 5 heteroatoms.